The molecular formula is C14H17NO8. The molecule has 1 saturated carbocycles. The quantitative estimate of drug-likeness (QED) is 0.644. The van der Waals surface area contributed by atoms with E-state index >= 15 is 0 Å². The number of rotatable bonds is 3. The maximum absolute atomic E-state index is 12.3. The normalized spacial score (nSPS) is 40.7. The summed E-state index contributed by atoms with van der Waals surface area (Å²) in [5.41, 5.74) is -1.40. The van der Waals surface area contributed by atoms with Crippen LogP contribution in [0.4, 0.5) is 0 Å². The number of hydrogen-bond donors (Lipinski definition) is 1. The van der Waals surface area contributed by atoms with Gasteiger partial charge in [-0.15, -0.1) is 0 Å². The first-order chi connectivity index (χ1) is 10.7. The summed E-state index contributed by atoms with van der Waals surface area (Å²) in [5.74, 6) is -1.99. The topological polar surface area (TPSA) is 117 Å². The molecule has 1 amide bonds. The SMILES string of the molecule is CC(=O)N[C@]12CC(=O)[C@H]3O[C@H](O[C@H]3[C@H]1OC(C)=O)[C@H]2OC(C)=O. The van der Waals surface area contributed by atoms with Gasteiger partial charge in [0, 0.05) is 27.2 Å². The first-order valence-electron chi connectivity index (χ1n) is 7.21. The van der Waals surface area contributed by atoms with E-state index in [0.717, 1.165) is 0 Å². The lowest BCUT2D eigenvalue weighted by Gasteiger charge is -2.51. The van der Waals surface area contributed by atoms with Crippen molar-refractivity contribution in [2.75, 3.05) is 0 Å². The van der Waals surface area contributed by atoms with E-state index in [4.69, 9.17) is 18.9 Å². The second-order valence-corrected chi connectivity index (χ2v) is 5.95. The molecule has 3 rings (SSSR count). The Bertz CT molecular complexity index is 569. The number of carbonyl (C=O) groups is 4. The van der Waals surface area contributed by atoms with Gasteiger partial charge in [-0.05, 0) is 0 Å². The second-order valence-electron chi connectivity index (χ2n) is 5.95. The van der Waals surface area contributed by atoms with Gasteiger partial charge in [0.15, 0.2) is 24.3 Å². The monoisotopic (exact) mass is 327 g/mol. The maximum atomic E-state index is 12.3. The Balaban J connectivity index is 2.08. The van der Waals surface area contributed by atoms with Crippen molar-refractivity contribution >= 4 is 23.6 Å². The summed E-state index contributed by atoms with van der Waals surface area (Å²) in [6, 6.07) is 0. The van der Waals surface area contributed by atoms with Gasteiger partial charge in [-0.2, -0.15) is 0 Å². The van der Waals surface area contributed by atoms with Crippen molar-refractivity contribution in [3.05, 3.63) is 0 Å². The van der Waals surface area contributed by atoms with Crippen LogP contribution in [0.1, 0.15) is 27.2 Å². The van der Waals surface area contributed by atoms with Gasteiger partial charge in [-0.3, -0.25) is 19.2 Å². The molecule has 2 aliphatic heterocycles. The zero-order valence-electron chi connectivity index (χ0n) is 12.9. The average molecular weight is 327 g/mol. The molecule has 0 aromatic rings. The second kappa shape index (κ2) is 5.27. The Hall–Kier alpha value is -2.00. The van der Waals surface area contributed by atoms with Crippen LogP contribution in [0.3, 0.4) is 0 Å². The molecule has 0 aromatic carbocycles. The lowest BCUT2D eigenvalue weighted by atomic mass is 9.71. The van der Waals surface area contributed by atoms with Gasteiger partial charge < -0.3 is 24.3 Å². The van der Waals surface area contributed by atoms with Crippen LogP contribution >= 0.6 is 0 Å². The number of ketones is 1. The first-order valence-corrected chi connectivity index (χ1v) is 7.21. The van der Waals surface area contributed by atoms with E-state index in [-0.39, 0.29) is 12.2 Å². The predicted molar refractivity (Wildman–Crippen MR) is 70.8 cm³/mol. The molecule has 9 heteroatoms. The van der Waals surface area contributed by atoms with E-state index in [9.17, 15) is 19.2 Å². The van der Waals surface area contributed by atoms with Crippen LogP contribution in [-0.2, 0) is 38.1 Å². The number of carbonyl (C=O) groups excluding carboxylic acids is 4. The fourth-order valence-corrected chi connectivity index (χ4v) is 3.60. The fourth-order valence-electron chi connectivity index (χ4n) is 3.60. The Morgan fingerprint density at radius 2 is 1.70 bits per heavy atom. The van der Waals surface area contributed by atoms with Crippen molar-refractivity contribution in [2.45, 2.75) is 63.4 Å². The highest BCUT2D eigenvalue weighted by molar-refractivity contribution is 5.89. The summed E-state index contributed by atoms with van der Waals surface area (Å²) >= 11 is 0. The predicted octanol–water partition coefficient (Wildman–Crippen LogP) is -1.18. The zero-order valence-corrected chi connectivity index (χ0v) is 12.9. The molecule has 0 spiro atoms. The Morgan fingerprint density at radius 3 is 2.26 bits per heavy atom. The average Bonchev–Trinajstić information content (AvgIpc) is 2.77. The number of esters is 2. The molecule has 0 aromatic heterocycles. The van der Waals surface area contributed by atoms with Crippen LogP contribution < -0.4 is 5.32 Å². The number of hydrogen-bond acceptors (Lipinski definition) is 8. The molecule has 126 valence electrons. The van der Waals surface area contributed by atoms with Crippen LogP contribution in [0.2, 0.25) is 0 Å². The molecular weight excluding hydrogens is 310 g/mol. The number of amides is 1. The van der Waals surface area contributed by atoms with Crippen molar-refractivity contribution < 1.29 is 38.1 Å². The molecule has 1 N–H and O–H groups in total. The Kier molecular flexibility index (Phi) is 3.64. The van der Waals surface area contributed by atoms with Crippen LogP contribution in [0.15, 0.2) is 0 Å². The zero-order chi connectivity index (χ0) is 16.9. The highest BCUT2D eigenvalue weighted by Crippen LogP contribution is 2.48. The van der Waals surface area contributed by atoms with E-state index in [0.29, 0.717) is 0 Å². The van der Waals surface area contributed by atoms with E-state index in [1.165, 1.54) is 20.8 Å². The minimum absolute atomic E-state index is 0.177. The maximum Gasteiger partial charge on any atom is 0.303 e. The number of fused-ring (bicyclic) bond motifs is 2. The Morgan fingerprint density at radius 1 is 1.09 bits per heavy atom. The minimum atomic E-state index is -1.40. The highest BCUT2D eigenvalue weighted by atomic mass is 16.8. The lowest BCUT2D eigenvalue weighted by molar-refractivity contribution is -0.241. The van der Waals surface area contributed by atoms with Gasteiger partial charge >= 0.3 is 11.9 Å². The third-order valence-electron chi connectivity index (χ3n) is 4.21. The van der Waals surface area contributed by atoms with Crippen molar-refractivity contribution in [3.8, 4) is 0 Å². The molecule has 2 heterocycles. The van der Waals surface area contributed by atoms with Crippen LogP contribution in [0, 0.1) is 0 Å². The van der Waals surface area contributed by atoms with E-state index in [1.807, 2.05) is 0 Å². The summed E-state index contributed by atoms with van der Waals surface area (Å²) in [7, 11) is 0. The van der Waals surface area contributed by atoms with E-state index in [1.54, 1.807) is 0 Å². The molecule has 3 bridgehead atoms. The smallest absolute Gasteiger partial charge is 0.303 e. The van der Waals surface area contributed by atoms with Crippen LogP contribution in [-0.4, -0.2) is 59.9 Å². The third kappa shape index (κ3) is 2.40. The van der Waals surface area contributed by atoms with Gasteiger partial charge in [0.05, 0.1) is 0 Å². The summed E-state index contributed by atoms with van der Waals surface area (Å²) in [6.45, 7) is 3.66. The summed E-state index contributed by atoms with van der Waals surface area (Å²) in [4.78, 5) is 47.0. The molecule has 23 heavy (non-hydrogen) atoms. The van der Waals surface area contributed by atoms with E-state index in [2.05, 4.69) is 5.32 Å². The van der Waals surface area contributed by atoms with Crippen molar-refractivity contribution in [1.82, 2.24) is 5.32 Å². The molecule has 6 atom stereocenters. The van der Waals surface area contributed by atoms with Gasteiger partial charge in [0.1, 0.15) is 17.7 Å². The van der Waals surface area contributed by atoms with Gasteiger partial charge in [-0.1, -0.05) is 0 Å². The fraction of sp³-hybridized carbons (Fsp3) is 0.714. The molecule has 0 unspecified atom stereocenters. The standard InChI is InChI=1S/C14H17NO8/c1-5(16)15-14-4-8(19)9-10(11(14)20-6(2)17)23-13(22-9)12(14)21-7(3)18/h9-13H,4H2,1-3H3,(H,15,16)/t9-,10-,11-,12-,13-,14-/m1/s1. The van der Waals surface area contributed by atoms with Crippen molar-refractivity contribution in [1.29, 1.82) is 0 Å². The minimum Gasteiger partial charge on any atom is -0.457 e. The third-order valence-corrected chi connectivity index (χ3v) is 4.21. The van der Waals surface area contributed by atoms with Crippen LogP contribution in [0.5, 0.6) is 0 Å². The molecule has 1 aliphatic carbocycles. The highest BCUT2D eigenvalue weighted by Gasteiger charge is 2.71. The number of Topliss-reactive ketones (excluding diaryl/α,β-unsaturated/α-hetero) is 1. The lowest BCUT2D eigenvalue weighted by Crippen LogP contribution is -2.76. The van der Waals surface area contributed by atoms with E-state index < -0.39 is 54.1 Å². The first kappa shape index (κ1) is 15.9. The Labute approximate surface area is 131 Å². The van der Waals surface area contributed by atoms with Crippen molar-refractivity contribution in [3.63, 3.8) is 0 Å². The molecule has 0 radical (unpaired) electrons. The molecule has 2 saturated heterocycles. The van der Waals surface area contributed by atoms with Crippen LogP contribution in [0.25, 0.3) is 0 Å². The summed E-state index contributed by atoms with van der Waals surface area (Å²) < 4.78 is 21.7. The molecule has 9 nitrogen and oxygen atoms in total. The van der Waals surface area contributed by atoms with Gasteiger partial charge in [0.2, 0.25) is 5.91 Å². The number of nitrogens with one attached hydrogen (secondary N) is 1. The van der Waals surface area contributed by atoms with Gasteiger partial charge in [-0.25, -0.2) is 0 Å². The van der Waals surface area contributed by atoms with Crippen molar-refractivity contribution in [2.24, 2.45) is 0 Å². The molecule has 3 aliphatic rings. The van der Waals surface area contributed by atoms with Gasteiger partial charge in [0.25, 0.3) is 0 Å². The summed E-state index contributed by atoms with van der Waals surface area (Å²) in [6.07, 6.45) is -5.02. The number of ether oxygens (including phenoxy) is 4. The summed E-state index contributed by atoms with van der Waals surface area (Å²) in [5, 5.41) is 2.65. The molecule has 3 fully saturated rings. The largest absolute Gasteiger partial charge is 0.457 e.